The number of anilines is 2. The van der Waals surface area contributed by atoms with E-state index in [0.29, 0.717) is 26.9 Å². The molecule has 0 radical (unpaired) electrons. The number of carbonyl (C=O) groups excluding carboxylic acids is 2. The number of hydrogen-bond acceptors (Lipinski definition) is 2. The summed E-state index contributed by atoms with van der Waals surface area (Å²) in [7, 11) is 0. The van der Waals surface area contributed by atoms with Gasteiger partial charge in [0.15, 0.2) is 0 Å². The monoisotopic (exact) mass is 558 g/mol. The van der Waals surface area contributed by atoms with Gasteiger partial charge in [-0.15, -0.1) is 23.2 Å². The maximum atomic E-state index is 13.8. The third kappa shape index (κ3) is 5.14. The molecule has 0 aromatic heterocycles. The van der Waals surface area contributed by atoms with Crippen LogP contribution in [0.4, 0.5) is 15.8 Å². The van der Waals surface area contributed by atoms with Gasteiger partial charge < -0.3 is 10.6 Å². The molecule has 2 atom stereocenters. The standard InChI is InChI=1S/C24H16Cl5FN2O2/c1-11-2-3-16(10-19(11)30)31-22(33)17-9-15(4-5-18(17)27)32-23(34)21-20(24(21,28)29)12-6-13(25)8-14(26)7-12/h2-10,20-21H,1H3,(H,31,33)(H,32,34). The third-order valence-corrected chi connectivity index (χ3v) is 7.19. The number of benzene rings is 3. The number of aryl methyl sites for hydroxylation is 1. The molecule has 4 rings (SSSR count). The van der Waals surface area contributed by atoms with E-state index in [1.807, 2.05) is 0 Å². The summed E-state index contributed by atoms with van der Waals surface area (Å²) >= 11 is 31.1. The second-order valence-electron chi connectivity index (χ2n) is 7.93. The zero-order valence-electron chi connectivity index (χ0n) is 17.4. The molecule has 0 heterocycles. The van der Waals surface area contributed by atoms with E-state index in [2.05, 4.69) is 10.6 Å². The SMILES string of the molecule is Cc1ccc(NC(=O)c2cc(NC(=O)C3C(c4cc(Cl)cc(Cl)c4)C3(Cl)Cl)ccc2Cl)cc1F. The highest BCUT2D eigenvalue weighted by Crippen LogP contribution is 2.65. The summed E-state index contributed by atoms with van der Waals surface area (Å²) in [5.74, 6) is -2.74. The van der Waals surface area contributed by atoms with E-state index in [4.69, 9.17) is 58.0 Å². The first-order valence-corrected chi connectivity index (χ1v) is 11.9. The molecule has 34 heavy (non-hydrogen) atoms. The van der Waals surface area contributed by atoms with Crippen LogP contribution in [-0.4, -0.2) is 16.1 Å². The Morgan fingerprint density at radius 3 is 2.15 bits per heavy atom. The summed E-state index contributed by atoms with van der Waals surface area (Å²) in [6.45, 7) is 1.62. The smallest absolute Gasteiger partial charge is 0.257 e. The van der Waals surface area contributed by atoms with Crippen LogP contribution < -0.4 is 10.6 Å². The van der Waals surface area contributed by atoms with Crippen LogP contribution >= 0.6 is 58.0 Å². The fraction of sp³-hybridized carbons (Fsp3) is 0.167. The zero-order chi connectivity index (χ0) is 24.8. The molecule has 0 aliphatic heterocycles. The van der Waals surface area contributed by atoms with Crippen molar-refractivity contribution >= 4 is 81.2 Å². The molecule has 2 N–H and O–H groups in total. The largest absolute Gasteiger partial charge is 0.326 e. The molecule has 2 unspecified atom stereocenters. The fourth-order valence-corrected chi connectivity index (χ4v) is 5.26. The van der Waals surface area contributed by atoms with Crippen molar-refractivity contribution in [3.05, 3.63) is 92.2 Å². The lowest BCUT2D eigenvalue weighted by Gasteiger charge is -2.11. The van der Waals surface area contributed by atoms with Gasteiger partial charge in [0, 0.05) is 27.3 Å². The van der Waals surface area contributed by atoms with Crippen LogP contribution in [0.15, 0.2) is 54.6 Å². The van der Waals surface area contributed by atoms with Crippen LogP contribution in [0.3, 0.4) is 0 Å². The minimum atomic E-state index is -1.35. The number of alkyl halides is 2. The van der Waals surface area contributed by atoms with E-state index in [0.717, 1.165) is 0 Å². The van der Waals surface area contributed by atoms with E-state index in [-0.39, 0.29) is 16.3 Å². The quantitative estimate of drug-likeness (QED) is 0.312. The van der Waals surface area contributed by atoms with Crippen LogP contribution in [0.5, 0.6) is 0 Å². The zero-order valence-corrected chi connectivity index (χ0v) is 21.2. The van der Waals surface area contributed by atoms with Gasteiger partial charge in [0.1, 0.15) is 10.2 Å². The number of carbonyl (C=O) groups is 2. The molecule has 10 heteroatoms. The molecular formula is C24H16Cl5FN2O2. The molecule has 0 spiro atoms. The van der Waals surface area contributed by atoms with Gasteiger partial charge in [-0.05, 0) is 66.6 Å². The number of nitrogens with one attached hydrogen (secondary N) is 2. The maximum Gasteiger partial charge on any atom is 0.257 e. The van der Waals surface area contributed by atoms with Crippen molar-refractivity contribution in [3.8, 4) is 0 Å². The highest BCUT2D eigenvalue weighted by Gasteiger charge is 2.67. The summed E-state index contributed by atoms with van der Waals surface area (Å²) in [6, 6.07) is 13.6. The van der Waals surface area contributed by atoms with Gasteiger partial charge in [0.05, 0.1) is 16.5 Å². The summed E-state index contributed by atoms with van der Waals surface area (Å²) in [6.07, 6.45) is 0. The number of amides is 2. The Morgan fingerprint density at radius 1 is 0.882 bits per heavy atom. The molecule has 1 fully saturated rings. The van der Waals surface area contributed by atoms with Crippen molar-refractivity contribution in [2.24, 2.45) is 5.92 Å². The average molecular weight is 561 g/mol. The number of rotatable bonds is 5. The maximum absolute atomic E-state index is 13.8. The number of hydrogen-bond donors (Lipinski definition) is 2. The Kier molecular flexibility index (Phi) is 7.05. The first-order valence-electron chi connectivity index (χ1n) is 9.99. The summed E-state index contributed by atoms with van der Waals surface area (Å²) in [4.78, 5) is 25.7. The second-order valence-corrected chi connectivity index (χ2v) is 10.7. The molecule has 1 aliphatic rings. The van der Waals surface area contributed by atoms with Gasteiger partial charge in [-0.3, -0.25) is 9.59 Å². The van der Waals surface area contributed by atoms with Crippen molar-refractivity contribution in [1.82, 2.24) is 0 Å². The Labute approximate surface area is 220 Å². The van der Waals surface area contributed by atoms with Crippen molar-refractivity contribution < 1.29 is 14.0 Å². The molecule has 1 aliphatic carbocycles. The van der Waals surface area contributed by atoms with Crippen molar-refractivity contribution in [1.29, 1.82) is 0 Å². The first-order chi connectivity index (χ1) is 16.0. The first kappa shape index (κ1) is 25.1. The van der Waals surface area contributed by atoms with Crippen LogP contribution in [0, 0.1) is 18.7 Å². The molecule has 3 aromatic rings. The van der Waals surface area contributed by atoms with Crippen LogP contribution in [-0.2, 0) is 4.79 Å². The van der Waals surface area contributed by atoms with Crippen LogP contribution in [0.25, 0.3) is 0 Å². The Balaban J connectivity index is 1.51. The Bertz CT molecular complexity index is 1290. The minimum absolute atomic E-state index is 0.0948. The van der Waals surface area contributed by atoms with E-state index < -0.39 is 33.8 Å². The van der Waals surface area contributed by atoms with E-state index in [1.165, 1.54) is 18.2 Å². The van der Waals surface area contributed by atoms with E-state index >= 15 is 0 Å². The molecule has 1 saturated carbocycles. The van der Waals surface area contributed by atoms with Crippen LogP contribution in [0.1, 0.15) is 27.4 Å². The number of halogens is 6. The van der Waals surface area contributed by atoms with E-state index in [1.54, 1.807) is 43.3 Å². The van der Waals surface area contributed by atoms with Gasteiger partial charge in [-0.25, -0.2) is 4.39 Å². The molecule has 0 bridgehead atoms. The molecule has 176 valence electrons. The highest BCUT2D eigenvalue weighted by molar-refractivity contribution is 6.53. The van der Waals surface area contributed by atoms with Gasteiger partial charge >= 0.3 is 0 Å². The average Bonchev–Trinajstić information content (AvgIpc) is 3.33. The minimum Gasteiger partial charge on any atom is -0.326 e. The predicted molar refractivity (Wildman–Crippen MR) is 136 cm³/mol. The molecule has 0 saturated heterocycles. The fourth-order valence-electron chi connectivity index (χ4n) is 3.69. The van der Waals surface area contributed by atoms with Crippen molar-refractivity contribution in [2.45, 2.75) is 17.2 Å². The highest BCUT2D eigenvalue weighted by atomic mass is 35.5. The van der Waals surface area contributed by atoms with Crippen molar-refractivity contribution in [2.75, 3.05) is 10.6 Å². The van der Waals surface area contributed by atoms with E-state index in [9.17, 15) is 14.0 Å². The Hall–Kier alpha value is -2.02. The summed E-state index contributed by atoms with van der Waals surface area (Å²) in [5.41, 5.74) is 1.78. The van der Waals surface area contributed by atoms with Gasteiger partial charge in [0.25, 0.3) is 5.91 Å². The summed E-state index contributed by atoms with van der Waals surface area (Å²) < 4.78 is 12.5. The lowest BCUT2D eigenvalue weighted by Crippen LogP contribution is -2.18. The molecular weight excluding hydrogens is 545 g/mol. The molecule has 4 nitrogen and oxygen atoms in total. The normalized spacial score (nSPS) is 18.3. The predicted octanol–water partition coefficient (Wildman–Crippen LogP) is 7.87. The van der Waals surface area contributed by atoms with Gasteiger partial charge in [-0.2, -0.15) is 0 Å². The second kappa shape index (κ2) is 9.56. The van der Waals surface area contributed by atoms with Gasteiger partial charge in [0.2, 0.25) is 5.91 Å². The molecule has 2 amide bonds. The lowest BCUT2D eigenvalue weighted by molar-refractivity contribution is -0.117. The molecule has 3 aromatic carbocycles. The summed E-state index contributed by atoms with van der Waals surface area (Å²) in [5, 5.41) is 6.27. The lowest BCUT2D eigenvalue weighted by atomic mass is 10.1. The third-order valence-electron chi connectivity index (χ3n) is 5.49. The van der Waals surface area contributed by atoms with Gasteiger partial charge in [-0.1, -0.05) is 40.9 Å². The topological polar surface area (TPSA) is 58.2 Å². The van der Waals surface area contributed by atoms with Crippen molar-refractivity contribution in [3.63, 3.8) is 0 Å². The Morgan fingerprint density at radius 2 is 1.50 bits per heavy atom. The van der Waals surface area contributed by atoms with Crippen LogP contribution in [0.2, 0.25) is 15.1 Å².